The second kappa shape index (κ2) is 6.67. The molecule has 0 atom stereocenters. The SMILES string of the molecule is COCCOc1ccccc1-c1cc(C(=O)O)nc(N)n1. The van der Waals surface area contributed by atoms with E-state index in [1.165, 1.54) is 6.07 Å². The van der Waals surface area contributed by atoms with Crippen LogP contribution in [0.4, 0.5) is 5.95 Å². The van der Waals surface area contributed by atoms with Gasteiger partial charge in [0.1, 0.15) is 12.4 Å². The van der Waals surface area contributed by atoms with Gasteiger partial charge >= 0.3 is 5.97 Å². The topological polar surface area (TPSA) is 108 Å². The number of aromatic nitrogens is 2. The lowest BCUT2D eigenvalue weighted by Crippen LogP contribution is -2.08. The molecule has 0 unspecified atom stereocenters. The van der Waals surface area contributed by atoms with E-state index in [-0.39, 0.29) is 11.6 Å². The molecule has 0 spiro atoms. The predicted molar refractivity (Wildman–Crippen MR) is 76.2 cm³/mol. The lowest BCUT2D eigenvalue weighted by Gasteiger charge is -2.11. The summed E-state index contributed by atoms with van der Waals surface area (Å²) >= 11 is 0. The molecule has 1 aromatic heterocycles. The number of nitrogen functional groups attached to an aromatic ring is 1. The summed E-state index contributed by atoms with van der Waals surface area (Å²) in [7, 11) is 1.58. The number of nitrogens with zero attached hydrogens (tertiary/aromatic N) is 2. The van der Waals surface area contributed by atoms with Crippen LogP contribution in [-0.2, 0) is 4.74 Å². The van der Waals surface area contributed by atoms with Crippen molar-refractivity contribution >= 4 is 11.9 Å². The normalized spacial score (nSPS) is 10.3. The van der Waals surface area contributed by atoms with E-state index < -0.39 is 5.97 Å². The summed E-state index contributed by atoms with van der Waals surface area (Å²) in [6, 6.07) is 8.52. The van der Waals surface area contributed by atoms with Gasteiger partial charge in [-0.1, -0.05) is 12.1 Å². The first-order valence-corrected chi connectivity index (χ1v) is 6.21. The molecule has 0 amide bonds. The number of para-hydroxylation sites is 1. The maximum absolute atomic E-state index is 11.0. The van der Waals surface area contributed by atoms with Gasteiger partial charge in [0.25, 0.3) is 0 Å². The van der Waals surface area contributed by atoms with Gasteiger partial charge in [0.15, 0.2) is 5.69 Å². The number of anilines is 1. The van der Waals surface area contributed by atoms with E-state index in [9.17, 15) is 4.79 Å². The highest BCUT2D eigenvalue weighted by Crippen LogP contribution is 2.29. The molecular weight excluding hydrogens is 274 g/mol. The fourth-order valence-corrected chi connectivity index (χ4v) is 1.75. The zero-order valence-corrected chi connectivity index (χ0v) is 11.4. The molecule has 110 valence electrons. The third-order valence-electron chi connectivity index (χ3n) is 2.67. The summed E-state index contributed by atoms with van der Waals surface area (Å²) in [5.74, 6) is -0.691. The maximum Gasteiger partial charge on any atom is 0.354 e. The highest BCUT2D eigenvalue weighted by molar-refractivity contribution is 5.87. The molecule has 0 bridgehead atoms. The summed E-state index contributed by atoms with van der Waals surface area (Å²) < 4.78 is 10.5. The number of carboxylic acid groups (broad SMARTS) is 1. The van der Waals surface area contributed by atoms with Crippen LogP contribution in [0.15, 0.2) is 30.3 Å². The monoisotopic (exact) mass is 289 g/mol. The smallest absolute Gasteiger partial charge is 0.354 e. The number of hydrogen-bond donors (Lipinski definition) is 2. The minimum absolute atomic E-state index is 0.100. The lowest BCUT2D eigenvalue weighted by atomic mass is 10.1. The standard InChI is InChI=1S/C14H15N3O4/c1-20-6-7-21-12-5-3-2-4-9(12)10-8-11(13(18)19)17-14(15)16-10/h2-5,8H,6-7H2,1H3,(H,18,19)(H2,15,16,17). The molecular formula is C14H15N3O4. The molecule has 0 aliphatic carbocycles. The molecule has 0 fully saturated rings. The van der Waals surface area contributed by atoms with Gasteiger partial charge in [-0.2, -0.15) is 0 Å². The fourth-order valence-electron chi connectivity index (χ4n) is 1.75. The molecule has 0 radical (unpaired) electrons. The molecule has 0 aliphatic heterocycles. The lowest BCUT2D eigenvalue weighted by molar-refractivity contribution is 0.0690. The summed E-state index contributed by atoms with van der Waals surface area (Å²) in [6.07, 6.45) is 0. The molecule has 0 saturated heterocycles. The molecule has 1 heterocycles. The van der Waals surface area contributed by atoms with Crippen LogP contribution in [0, 0.1) is 0 Å². The van der Waals surface area contributed by atoms with Crippen molar-refractivity contribution in [3.05, 3.63) is 36.0 Å². The van der Waals surface area contributed by atoms with Gasteiger partial charge in [-0.05, 0) is 18.2 Å². The van der Waals surface area contributed by atoms with Crippen LogP contribution < -0.4 is 10.5 Å². The van der Waals surface area contributed by atoms with Crippen molar-refractivity contribution in [2.45, 2.75) is 0 Å². The Balaban J connectivity index is 2.39. The van der Waals surface area contributed by atoms with Crippen molar-refractivity contribution in [3.8, 4) is 17.0 Å². The van der Waals surface area contributed by atoms with Crippen LogP contribution in [0.2, 0.25) is 0 Å². The molecule has 0 saturated carbocycles. The minimum atomic E-state index is -1.16. The number of benzene rings is 1. The summed E-state index contributed by atoms with van der Waals surface area (Å²) in [4.78, 5) is 18.8. The molecule has 7 heteroatoms. The van der Waals surface area contributed by atoms with E-state index in [2.05, 4.69) is 9.97 Å². The van der Waals surface area contributed by atoms with E-state index in [0.717, 1.165) is 0 Å². The van der Waals surface area contributed by atoms with Crippen molar-refractivity contribution in [2.75, 3.05) is 26.1 Å². The molecule has 7 nitrogen and oxygen atoms in total. The number of rotatable bonds is 6. The summed E-state index contributed by atoms with van der Waals surface area (Å²) in [6.45, 7) is 0.820. The second-order valence-electron chi connectivity index (χ2n) is 4.14. The van der Waals surface area contributed by atoms with Gasteiger partial charge in [-0.3, -0.25) is 0 Å². The van der Waals surface area contributed by atoms with Crippen LogP contribution in [0.5, 0.6) is 5.75 Å². The Kier molecular flexibility index (Phi) is 4.68. The summed E-state index contributed by atoms with van der Waals surface area (Å²) in [5, 5.41) is 9.03. The number of ether oxygens (including phenoxy) is 2. The number of carbonyl (C=O) groups is 1. The van der Waals surface area contributed by atoms with Gasteiger partial charge in [-0.25, -0.2) is 14.8 Å². The average molecular weight is 289 g/mol. The van der Waals surface area contributed by atoms with E-state index in [0.29, 0.717) is 30.2 Å². The Bertz CT molecular complexity index is 646. The Morgan fingerprint density at radius 3 is 2.76 bits per heavy atom. The number of methoxy groups -OCH3 is 1. The number of hydrogen-bond acceptors (Lipinski definition) is 6. The van der Waals surface area contributed by atoms with E-state index >= 15 is 0 Å². The predicted octanol–water partition coefficient (Wildman–Crippen LogP) is 1.45. The van der Waals surface area contributed by atoms with Crippen LogP contribution in [0.25, 0.3) is 11.3 Å². The molecule has 2 rings (SSSR count). The zero-order chi connectivity index (χ0) is 15.2. The van der Waals surface area contributed by atoms with Crippen LogP contribution >= 0.6 is 0 Å². The fraction of sp³-hybridized carbons (Fsp3) is 0.214. The van der Waals surface area contributed by atoms with Crippen molar-refractivity contribution in [1.82, 2.24) is 9.97 Å². The molecule has 21 heavy (non-hydrogen) atoms. The van der Waals surface area contributed by atoms with Gasteiger partial charge in [-0.15, -0.1) is 0 Å². The molecule has 2 aromatic rings. The van der Waals surface area contributed by atoms with Crippen LogP contribution in [0.3, 0.4) is 0 Å². The number of nitrogens with two attached hydrogens (primary N) is 1. The Morgan fingerprint density at radius 1 is 1.29 bits per heavy atom. The van der Waals surface area contributed by atoms with E-state index in [1.54, 1.807) is 25.3 Å². The Morgan fingerprint density at radius 2 is 2.05 bits per heavy atom. The first-order valence-electron chi connectivity index (χ1n) is 6.21. The van der Waals surface area contributed by atoms with E-state index in [1.807, 2.05) is 6.07 Å². The van der Waals surface area contributed by atoms with Crippen molar-refractivity contribution in [1.29, 1.82) is 0 Å². The third kappa shape index (κ3) is 3.67. The Labute approximate surface area is 121 Å². The quantitative estimate of drug-likeness (QED) is 0.775. The van der Waals surface area contributed by atoms with Crippen LogP contribution in [-0.4, -0.2) is 41.4 Å². The molecule has 1 aromatic carbocycles. The first-order chi connectivity index (χ1) is 10.1. The molecule has 3 N–H and O–H groups in total. The number of aromatic carboxylic acids is 1. The van der Waals surface area contributed by atoms with Crippen molar-refractivity contribution in [2.24, 2.45) is 0 Å². The van der Waals surface area contributed by atoms with Crippen LogP contribution in [0.1, 0.15) is 10.5 Å². The highest BCUT2D eigenvalue weighted by atomic mass is 16.5. The zero-order valence-electron chi connectivity index (χ0n) is 11.4. The number of carboxylic acids is 1. The third-order valence-corrected chi connectivity index (χ3v) is 2.67. The second-order valence-corrected chi connectivity index (χ2v) is 4.14. The van der Waals surface area contributed by atoms with E-state index in [4.69, 9.17) is 20.3 Å². The van der Waals surface area contributed by atoms with Crippen molar-refractivity contribution in [3.63, 3.8) is 0 Å². The molecule has 0 aliphatic rings. The average Bonchev–Trinajstić information content (AvgIpc) is 2.47. The first kappa shape index (κ1) is 14.7. The van der Waals surface area contributed by atoms with Gasteiger partial charge in [0.2, 0.25) is 5.95 Å². The van der Waals surface area contributed by atoms with Crippen molar-refractivity contribution < 1.29 is 19.4 Å². The summed E-state index contributed by atoms with van der Waals surface area (Å²) in [5.41, 5.74) is 6.44. The maximum atomic E-state index is 11.0. The highest BCUT2D eigenvalue weighted by Gasteiger charge is 2.13. The van der Waals surface area contributed by atoms with Gasteiger partial charge < -0.3 is 20.3 Å². The Hall–Kier alpha value is -2.67. The van der Waals surface area contributed by atoms with Gasteiger partial charge in [0.05, 0.1) is 12.3 Å². The van der Waals surface area contributed by atoms with Gasteiger partial charge in [0, 0.05) is 12.7 Å². The minimum Gasteiger partial charge on any atom is -0.490 e. The largest absolute Gasteiger partial charge is 0.490 e.